The van der Waals surface area contributed by atoms with E-state index in [1.54, 1.807) is 13.0 Å². The van der Waals surface area contributed by atoms with E-state index in [4.69, 9.17) is 5.73 Å². The van der Waals surface area contributed by atoms with Gasteiger partial charge in [-0.2, -0.15) is 0 Å². The Morgan fingerprint density at radius 3 is 2.68 bits per heavy atom. The topological polar surface area (TPSA) is 101 Å². The molecule has 0 spiro atoms. The van der Waals surface area contributed by atoms with Gasteiger partial charge in [0.15, 0.2) is 17.2 Å². The summed E-state index contributed by atoms with van der Waals surface area (Å²) in [5, 5.41) is 22.6. The standard InChI is InChI=1S/C22H30FNO4/c1-12-8-16-15-5-4-13-9-14(25)6-7-19(13,2)21(15,23)17(26)10-20(16,3)22(12,28)18(27)11-24/h6-7,9,12,15-17,26,28H,4-5,8,10-11,24H2,1-3H3/t12?,15-,16-,17?,19-,20-,21-,22-/m0/s1. The number of nitrogens with two attached hydrogens (primary N) is 1. The highest BCUT2D eigenvalue weighted by molar-refractivity contribution is 6.01. The molecule has 5 nitrogen and oxygen atoms in total. The van der Waals surface area contributed by atoms with E-state index in [0.717, 1.165) is 5.57 Å². The van der Waals surface area contributed by atoms with E-state index in [2.05, 4.69) is 0 Å². The van der Waals surface area contributed by atoms with Crippen molar-refractivity contribution in [1.29, 1.82) is 0 Å². The van der Waals surface area contributed by atoms with E-state index in [-0.39, 0.29) is 30.6 Å². The third-order valence-electron chi connectivity index (χ3n) is 8.83. The molecule has 154 valence electrons. The minimum atomic E-state index is -1.95. The molecule has 28 heavy (non-hydrogen) atoms. The van der Waals surface area contributed by atoms with Gasteiger partial charge < -0.3 is 15.9 Å². The Morgan fingerprint density at radius 2 is 2.04 bits per heavy atom. The van der Waals surface area contributed by atoms with Gasteiger partial charge in [0.1, 0.15) is 5.60 Å². The summed E-state index contributed by atoms with van der Waals surface area (Å²) in [6.45, 7) is 5.11. The van der Waals surface area contributed by atoms with E-state index in [1.165, 1.54) is 12.2 Å². The number of alkyl halides is 1. The second-order valence-electron chi connectivity index (χ2n) is 9.80. The predicted octanol–water partition coefficient (Wildman–Crippen LogP) is 1.86. The number of halogens is 1. The minimum Gasteiger partial charge on any atom is -0.390 e. The van der Waals surface area contributed by atoms with Crippen LogP contribution in [0.5, 0.6) is 0 Å². The van der Waals surface area contributed by atoms with Gasteiger partial charge in [-0.05, 0) is 56.6 Å². The lowest BCUT2D eigenvalue weighted by atomic mass is 9.44. The van der Waals surface area contributed by atoms with Crippen molar-refractivity contribution in [3.63, 3.8) is 0 Å². The number of hydrogen-bond acceptors (Lipinski definition) is 5. The van der Waals surface area contributed by atoms with E-state index in [0.29, 0.717) is 19.3 Å². The highest BCUT2D eigenvalue weighted by Gasteiger charge is 2.75. The van der Waals surface area contributed by atoms with Crippen molar-refractivity contribution in [3.8, 4) is 0 Å². The molecular formula is C22H30FNO4. The van der Waals surface area contributed by atoms with Crippen LogP contribution in [0.3, 0.4) is 0 Å². The molecule has 8 atom stereocenters. The molecule has 0 aromatic rings. The maximum absolute atomic E-state index is 16.9. The fourth-order valence-electron chi connectivity index (χ4n) is 7.30. The molecule has 3 fully saturated rings. The summed E-state index contributed by atoms with van der Waals surface area (Å²) in [6, 6.07) is 0. The summed E-state index contributed by atoms with van der Waals surface area (Å²) in [4.78, 5) is 24.5. The first-order valence-electron chi connectivity index (χ1n) is 10.2. The second kappa shape index (κ2) is 5.83. The first-order valence-corrected chi connectivity index (χ1v) is 10.2. The van der Waals surface area contributed by atoms with Gasteiger partial charge in [0, 0.05) is 16.7 Å². The van der Waals surface area contributed by atoms with Crippen LogP contribution in [-0.4, -0.2) is 45.7 Å². The van der Waals surface area contributed by atoms with Crippen LogP contribution in [0.1, 0.15) is 46.5 Å². The van der Waals surface area contributed by atoms with E-state index >= 15 is 4.39 Å². The maximum Gasteiger partial charge on any atom is 0.178 e. The molecule has 0 bridgehead atoms. The van der Waals surface area contributed by atoms with Gasteiger partial charge >= 0.3 is 0 Å². The maximum atomic E-state index is 16.9. The first kappa shape index (κ1) is 19.9. The second-order valence-corrected chi connectivity index (χ2v) is 9.80. The minimum absolute atomic E-state index is 0.0120. The number of Topliss-reactive ketones (excluding diaryl/α,β-unsaturated/α-hetero) is 1. The number of aliphatic hydroxyl groups excluding tert-OH is 1. The summed E-state index contributed by atoms with van der Waals surface area (Å²) in [6.07, 6.45) is 4.70. The zero-order chi connectivity index (χ0) is 20.7. The normalized spacial score (nSPS) is 52.5. The van der Waals surface area contributed by atoms with Crippen molar-refractivity contribution in [2.75, 3.05) is 6.54 Å². The van der Waals surface area contributed by atoms with Crippen LogP contribution in [0.15, 0.2) is 23.8 Å². The number of carbonyl (C=O) groups excluding carboxylic acids is 2. The van der Waals surface area contributed by atoms with Crippen LogP contribution in [-0.2, 0) is 9.59 Å². The Bertz CT molecular complexity index is 808. The van der Waals surface area contributed by atoms with Gasteiger partial charge in [0.25, 0.3) is 0 Å². The van der Waals surface area contributed by atoms with Crippen molar-refractivity contribution in [2.24, 2.45) is 34.3 Å². The molecule has 4 aliphatic carbocycles. The zero-order valence-electron chi connectivity index (χ0n) is 16.7. The Morgan fingerprint density at radius 1 is 1.36 bits per heavy atom. The molecule has 0 aromatic carbocycles. The Labute approximate surface area is 164 Å². The number of allylic oxidation sites excluding steroid dienone is 4. The number of ketones is 2. The van der Waals surface area contributed by atoms with Crippen molar-refractivity contribution in [3.05, 3.63) is 23.8 Å². The molecule has 4 N–H and O–H groups in total. The smallest absolute Gasteiger partial charge is 0.178 e. The number of aliphatic hydroxyl groups is 2. The van der Waals surface area contributed by atoms with Crippen LogP contribution >= 0.6 is 0 Å². The summed E-state index contributed by atoms with van der Waals surface area (Å²) in [7, 11) is 0. The average Bonchev–Trinajstić information content (AvgIpc) is 2.84. The Hall–Kier alpha value is -1.37. The predicted molar refractivity (Wildman–Crippen MR) is 102 cm³/mol. The van der Waals surface area contributed by atoms with Crippen LogP contribution in [0, 0.1) is 28.6 Å². The third kappa shape index (κ3) is 2.01. The number of fused-ring (bicyclic) bond motifs is 5. The summed E-state index contributed by atoms with van der Waals surface area (Å²) in [5.41, 5.74) is 0.711. The molecule has 0 aromatic heterocycles. The molecule has 4 rings (SSSR count). The quantitative estimate of drug-likeness (QED) is 0.667. The van der Waals surface area contributed by atoms with Gasteiger partial charge in [-0.1, -0.05) is 25.5 Å². The fraction of sp³-hybridized carbons (Fsp3) is 0.727. The first-order chi connectivity index (χ1) is 13.0. The molecule has 4 aliphatic rings. The van der Waals surface area contributed by atoms with Gasteiger partial charge in [-0.15, -0.1) is 0 Å². The highest BCUT2D eigenvalue weighted by atomic mass is 19.1. The highest BCUT2D eigenvalue weighted by Crippen LogP contribution is 2.70. The number of hydrogen-bond donors (Lipinski definition) is 3. The molecule has 0 saturated heterocycles. The lowest BCUT2D eigenvalue weighted by molar-refractivity contribution is -0.218. The van der Waals surface area contributed by atoms with Gasteiger partial charge in [-0.25, -0.2) is 4.39 Å². The summed E-state index contributed by atoms with van der Waals surface area (Å²) in [5.74, 6) is -1.71. The molecule has 0 heterocycles. The lowest BCUT2D eigenvalue weighted by Crippen LogP contribution is -2.69. The van der Waals surface area contributed by atoms with Gasteiger partial charge in [-0.3, -0.25) is 9.59 Å². The SMILES string of the molecule is CC1C[C@H]2[C@@H]3CCC4=CC(=O)C=C[C@]4(C)[C@@]3(F)C(O)C[C@]2(C)[C@@]1(O)C(=O)CN. The van der Waals surface area contributed by atoms with Crippen molar-refractivity contribution >= 4 is 11.6 Å². The molecule has 0 aliphatic heterocycles. The van der Waals surface area contributed by atoms with Crippen molar-refractivity contribution in [2.45, 2.75) is 63.8 Å². The number of carbonyl (C=O) groups is 2. The van der Waals surface area contributed by atoms with Crippen LogP contribution in [0.4, 0.5) is 4.39 Å². The summed E-state index contributed by atoms with van der Waals surface area (Å²) < 4.78 is 16.9. The Kier molecular flexibility index (Phi) is 4.15. The molecule has 0 amide bonds. The lowest BCUT2D eigenvalue weighted by Gasteiger charge is -2.62. The van der Waals surface area contributed by atoms with E-state index < -0.39 is 39.9 Å². The monoisotopic (exact) mass is 391 g/mol. The number of rotatable bonds is 2. The van der Waals surface area contributed by atoms with Crippen LogP contribution < -0.4 is 5.73 Å². The third-order valence-corrected chi connectivity index (χ3v) is 8.83. The average molecular weight is 391 g/mol. The molecule has 3 saturated carbocycles. The van der Waals surface area contributed by atoms with Crippen LogP contribution in [0.2, 0.25) is 0 Å². The van der Waals surface area contributed by atoms with Gasteiger partial charge in [0.2, 0.25) is 0 Å². The van der Waals surface area contributed by atoms with Crippen molar-refractivity contribution in [1.82, 2.24) is 0 Å². The van der Waals surface area contributed by atoms with E-state index in [1.807, 2.05) is 13.8 Å². The molecular weight excluding hydrogens is 361 g/mol. The largest absolute Gasteiger partial charge is 0.390 e. The van der Waals surface area contributed by atoms with E-state index in [9.17, 15) is 19.8 Å². The van der Waals surface area contributed by atoms with Crippen LogP contribution in [0.25, 0.3) is 0 Å². The van der Waals surface area contributed by atoms with Gasteiger partial charge in [0.05, 0.1) is 12.6 Å². The Balaban J connectivity index is 1.84. The fourth-order valence-corrected chi connectivity index (χ4v) is 7.30. The molecule has 2 unspecified atom stereocenters. The molecule has 6 heteroatoms. The molecule has 0 radical (unpaired) electrons. The zero-order valence-corrected chi connectivity index (χ0v) is 16.7. The summed E-state index contributed by atoms with van der Waals surface area (Å²) >= 11 is 0. The van der Waals surface area contributed by atoms with Crippen molar-refractivity contribution < 1.29 is 24.2 Å².